The Morgan fingerprint density at radius 2 is 1.88 bits per heavy atom. The van der Waals surface area contributed by atoms with Crippen molar-refractivity contribution in [2.45, 2.75) is 18.8 Å². The molecule has 2 unspecified atom stereocenters. The van der Waals surface area contributed by atoms with Crippen molar-refractivity contribution in [3.05, 3.63) is 65.6 Å². The van der Waals surface area contributed by atoms with Crippen LogP contribution >= 0.6 is 0 Å². The highest BCUT2D eigenvalue weighted by Gasteiger charge is 2.28. The fourth-order valence-corrected chi connectivity index (χ4v) is 2.58. The molecule has 1 aliphatic rings. The molecule has 86 valence electrons. The molecular weight excluding hydrogens is 210 g/mol. The molecule has 0 bridgehead atoms. The summed E-state index contributed by atoms with van der Waals surface area (Å²) in [6.07, 6.45) is 3.82. The van der Waals surface area contributed by atoms with E-state index in [9.17, 15) is 0 Å². The molecule has 1 aliphatic carbocycles. The second-order valence-corrected chi connectivity index (χ2v) is 4.55. The van der Waals surface area contributed by atoms with E-state index in [1.165, 1.54) is 11.1 Å². The lowest BCUT2D eigenvalue weighted by Crippen LogP contribution is -2.15. The van der Waals surface area contributed by atoms with Gasteiger partial charge in [0.05, 0.1) is 12.0 Å². The van der Waals surface area contributed by atoms with Gasteiger partial charge in [-0.1, -0.05) is 37.3 Å². The Bertz CT molecular complexity index is 553. The molecule has 1 heterocycles. The van der Waals surface area contributed by atoms with E-state index in [1.54, 1.807) is 6.26 Å². The molecule has 2 N–H and O–H groups in total. The minimum atomic E-state index is 0.335. The van der Waals surface area contributed by atoms with E-state index in [4.69, 9.17) is 10.2 Å². The number of furan rings is 1. The smallest absolute Gasteiger partial charge is 0.152 e. The van der Waals surface area contributed by atoms with Crippen LogP contribution in [0.5, 0.6) is 0 Å². The first kappa shape index (κ1) is 10.2. The molecule has 0 radical (unpaired) electrons. The van der Waals surface area contributed by atoms with Crippen molar-refractivity contribution in [1.29, 1.82) is 0 Å². The summed E-state index contributed by atoms with van der Waals surface area (Å²) in [5.41, 5.74) is 9.30. The number of fused-ring (bicyclic) bond motifs is 1. The molecule has 2 heteroatoms. The van der Waals surface area contributed by atoms with Crippen molar-refractivity contribution in [3.8, 4) is 0 Å². The summed E-state index contributed by atoms with van der Waals surface area (Å²) >= 11 is 0. The SMILES string of the molecule is CC1c2ccoc2C(N)=CC1c1ccccc1. The fraction of sp³-hybridized carbons (Fsp3) is 0.200. The van der Waals surface area contributed by atoms with Gasteiger partial charge in [0.2, 0.25) is 0 Å². The predicted octanol–water partition coefficient (Wildman–Crippen LogP) is 3.48. The van der Waals surface area contributed by atoms with Gasteiger partial charge in [-0.15, -0.1) is 0 Å². The lowest BCUT2D eigenvalue weighted by atomic mass is 9.78. The summed E-state index contributed by atoms with van der Waals surface area (Å²) in [6.45, 7) is 2.22. The zero-order chi connectivity index (χ0) is 11.8. The number of hydrogen-bond donors (Lipinski definition) is 1. The normalized spacial score (nSPS) is 23.0. The van der Waals surface area contributed by atoms with Gasteiger partial charge >= 0.3 is 0 Å². The van der Waals surface area contributed by atoms with Gasteiger partial charge in [0.1, 0.15) is 0 Å². The van der Waals surface area contributed by atoms with E-state index in [0.717, 1.165) is 11.5 Å². The Kier molecular flexibility index (Phi) is 2.29. The third kappa shape index (κ3) is 1.57. The van der Waals surface area contributed by atoms with E-state index < -0.39 is 0 Å². The van der Waals surface area contributed by atoms with Gasteiger partial charge in [-0.05, 0) is 23.6 Å². The second-order valence-electron chi connectivity index (χ2n) is 4.55. The number of benzene rings is 1. The Labute approximate surface area is 101 Å². The van der Waals surface area contributed by atoms with Gasteiger partial charge in [0.15, 0.2) is 5.76 Å². The molecule has 3 rings (SSSR count). The monoisotopic (exact) mass is 225 g/mol. The summed E-state index contributed by atoms with van der Waals surface area (Å²) in [5, 5.41) is 0. The maximum Gasteiger partial charge on any atom is 0.152 e. The average Bonchev–Trinajstić information content (AvgIpc) is 2.85. The van der Waals surface area contributed by atoms with Crippen LogP contribution in [0.25, 0.3) is 5.70 Å². The van der Waals surface area contributed by atoms with Gasteiger partial charge in [0, 0.05) is 11.5 Å². The lowest BCUT2D eigenvalue weighted by molar-refractivity contribution is 0.533. The van der Waals surface area contributed by atoms with Crippen LogP contribution in [-0.4, -0.2) is 0 Å². The summed E-state index contributed by atoms with van der Waals surface area (Å²) in [4.78, 5) is 0. The highest BCUT2D eigenvalue weighted by atomic mass is 16.3. The van der Waals surface area contributed by atoms with Gasteiger partial charge < -0.3 is 10.2 Å². The molecule has 0 saturated carbocycles. The molecule has 2 nitrogen and oxygen atoms in total. The minimum Gasteiger partial charge on any atom is -0.463 e. The number of hydrogen-bond acceptors (Lipinski definition) is 2. The maximum absolute atomic E-state index is 6.05. The van der Waals surface area contributed by atoms with E-state index in [2.05, 4.69) is 37.3 Å². The lowest BCUT2D eigenvalue weighted by Gasteiger charge is -2.26. The van der Waals surface area contributed by atoms with E-state index in [1.807, 2.05) is 12.1 Å². The van der Waals surface area contributed by atoms with Crippen molar-refractivity contribution in [2.24, 2.45) is 5.73 Å². The number of allylic oxidation sites excluding steroid dienone is 1. The van der Waals surface area contributed by atoms with Gasteiger partial charge in [-0.3, -0.25) is 0 Å². The van der Waals surface area contributed by atoms with Crippen molar-refractivity contribution in [3.63, 3.8) is 0 Å². The van der Waals surface area contributed by atoms with Crippen LogP contribution in [0.2, 0.25) is 0 Å². The van der Waals surface area contributed by atoms with E-state index in [-0.39, 0.29) is 0 Å². The molecule has 1 aromatic heterocycles. The molecule has 0 saturated heterocycles. The van der Waals surface area contributed by atoms with Crippen LogP contribution in [0.3, 0.4) is 0 Å². The largest absolute Gasteiger partial charge is 0.463 e. The predicted molar refractivity (Wildman–Crippen MR) is 68.5 cm³/mol. The average molecular weight is 225 g/mol. The molecular formula is C15H15NO. The minimum absolute atomic E-state index is 0.335. The van der Waals surface area contributed by atoms with Crippen molar-refractivity contribution >= 4 is 5.70 Å². The van der Waals surface area contributed by atoms with E-state index in [0.29, 0.717) is 11.8 Å². The Morgan fingerprint density at radius 1 is 1.12 bits per heavy atom. The number of rotatable bonds is 1. The van der Waals surface area contributed by atoms with Crippen LogP contribution in [0, 0.1) is 0 Å². The van der Waals surface area contributed by atoms with E-state index >= 15 is 0 Å². The van der Waals surface area contributed by atoms with Crippen molar-refractivity contribution < 1.29 is 4.42 Å². The van der Waals surface area contributed by atoms with Crippen LogP contribution < -0.4 is 5.73 Å². The Morgan fingerprint density at radius 3 is 2.65 bits per heavy atom. The first-order valence-corrected chi connectivity index (χ1v) is 5.87. The first-order chi connectivity index (χ1) is 8.27. The molecule has 0 aliphatic heterocycles. The Balaban J connectivity index is 2.08. The van der Waals surface area contributed by atoms with Crippen molar-refractivity contribution in [2.75, 3.05) is 0 Å². The standard InChI is InChI=1S/C15H15NO/c1-10-12-7-8-17-15(12)14(16)9-13(10)11-5-3-2-4-6-11/h2-10,13H,16H2,1H3. The summed E-state index contributed by atoms with van der Waals surface area (Å²) in [5.74, 6) is 1.57. The highest BCUT2D eigenvalue weighted by Crippen LogP contribution is 2.41. The van der Waals surface area contributed by atoms with Gasteiger partial charge in [-0.2, -0.15) is 0 Å². The van der Waals surface area contributed by atoms with Crippen LogP contribution in [0.4, 0.5) is 0 Å². The molecule has 17 heavy (non-hydrogen) atoms. The zero-order valence-electron chi connectivity index (χ0n) is 9.76. The maximum atomic E-state index is 6.05. The first-order valence-electron chi connectivity index (χ1n) is 5.87. The van der Waals surface area contributed by atoms with Crippen LogP contribution in [0.15, 0.2) is 53.2 Å². The summed E-state index contributed by atoms with van der Waals surface area (Å²) in [7, 11) is 0. The topological polar surface area (TPSA) is 39.2 Å². The van der Waals surface area contributed by atoms with Gasteiger partial charge in [-0.25, -0.2) is 0 Å². The molecule has 1 aromatic carbocycles. The van der Waals surface area contributed by atoms with Gasteiger partial charge in [0.25, 0.3) is 0 Å². The third-order valence-corrected chi connectivity index (χ3v) is 3.53. The fourth-order valence-electron chi connectivity index (χ4n) is 2.58. The second kappa shape index (κ2) is 3.81. The third-order valence-electron chi connectivity index (χ3n) is 3.53. The van der Waals surface area contributed by atoms with Crippen molar-refractivity contribution in [1.82, 2.24) is 0 Å². The van der Waals surface area contributed by atoms with Crippen LogP contribution in [-0.2, 0) is 0 Å². The number of nitrogens with two attached hydrogens (primary N) is 1. The summed E-state index contributed by atoms with van der Waals surface area (Å²) in [6, 6.07) is 12.5. The molecule has 0 spiro atoms. The Hall–Kier alpha value is -1.96. The van der Waals surface area contributed by atoms with Crippen LogP contribution in [0.1, 0.15) is 35.6 Å². The molecule has 2 aromatic rings. The molecule has 2 atom stereocenters. The molecule has 0 fully saturated rings. The molecule has 0 amide bonds. The quantitative estimate of drug-likeness (QED) is 0.807. The highest BCUT2D eigenvalue weighted by molar-refractivity contribution is 5.66. The summed E-state index contributed by atoms with van der Waals surface area (Å²) < 4.78 is 5.43. The zero-order valence-corrected chi connectivity index (χ0v) is 9.76.